The molecule has 1 aliphatic rings. The summed E-state index contributed by atoms with van der Waals surface area (Å²) in [5, 5.41) is 4.51. The number of carbonyl (C=O) groups excluding carboxylic acids is 1. The van der Waals surface area contributed by atoms with Crippen LogP contribution in [0.4, 0.5) is 0 Å². The fourth-order valence-corrected chi connectivity index (χ4v) is 2.25. The summed E-state index contributed by atoms with van der Waals surface area (Å²) in [6.45, 7) is 0.620. The van der Waals surface area contributed by atoms with E-state index in [9.17, 15) is 4.79 Å². The summed E-state index contributed by atoms with van der Waals surface area (Å²) in [6, 6.07) is 5.61. The van der Waals surface area contributed by atoms with Crippen LogP contribution in [-0.2, 0) is 6.54 Å². The Balaban J connectivity index is 1.71. The van der Waals surface area contributed by atoms with Gasteiger partial charge in [0.1, 0.15) is 5.69 Å². The zero-order chi connectivity index (χ0) is 12.4. The maximum Gasteiger partial charge on any atom is 0.271 e. The molecule has 0 saturated heterocycles. The Hall–Kier alpha value is -2.08. The number of thiazole rings is 1. The highest BCUT2D eigenvalue weighted by molar-refractivity contribution is 7.07. The molecule has 1 aliphatic heterocycles. The van der Waals surface area contributed by atoms with Gasteiger partial charge in [0.2, 0.25) is 6.79 Å². The molecule has 6 heteroatoms. The molecule has 18 heavy (non-hydrogen) atoms. The van der Waals surface area contributed by atoms with Gasteiger partial charge in [0.25, 0.3) is 5.91 Å². The molecule has 1 aromatic heterocycles. The minimum Gasteiger partial charge on any atom is -0.454 e. The van der Waals surface area contributed by atoms with Crippen molar-refractivity contribution in [3.05, 3.63) is 40.3 Å². The highest BCUT2D eigenvalue weighted by Gasteiger charge is 2.17. The third-order valence-electron chi connectivity index (χ3n) is 2.58. The van der Waals surface area contributed by atoms with Crippen molar-refractivity contribution in [2.75, 3.05) is 6.79 Å². The first kappa shape index (κ1) is 11.0. The van der Waals surface area contributed by atoms with E-state index in [4.69, 9.17) is 9.47 Å². The summed E-state index contributed by atoms with van der Waals surface area (Å²) in [6.07, 6.45) is 0. The molecule has 1 N–H and O–H groups in total. The Morgan fingerprint density at radius 1 is 1.44 bits per heavy atom. The van der Waals surface area contributed by atoms with Crippen molar-refractivity contribution in [2.45, 2.75) is 6.54 Å². The number of ether oxygens (including phenoxy) is 2. The number of hydrogen-bond acceptors (Lipinski definition) is 5. The van der Waals surface area contributed by atoms with Crippen LogP contribution in [0.1, 0.15) is 16.1 Å². The molecule has 3 rings (SSSR count). The number of hydrogen-bond donors (Lipinski definition) is 1. The summed E-state index contributed by atoms with van der Waals surface area (Å²) >= 11 is 1.39. The van der Waals surface area contributed by atoms with E-state index < -0.39 is 0 Å². The Bertz CT molecular complexity index is 569. The number of para-hydroxylation sites is 1. The number of benzene rings is 1. The molecule has 0 aliphatic carbocycles. The molecule has 2 aromatic rings. The fraction of sp³-hybridized carbons (Fsp3) is 0.167. The zero-order valence-corrected chi connectivity index (χ0v) is 10.2. The van der Waals surface area contributed by atoms with Crippen LogP contribution in [0.5, 0.6) is 11.5 Å². The van der Waals surface area contributed by atoms with Gasteiger partial charge in [0, 0.05) is 17.5 Å². The Kier molecular flexibility index (Phi) is 2.85. The fourth-order valence-electron chi connectivity index (χ4n) is 1.72. The van der Waals surface area contributed by atoms with Crippen LogP contribution in [0.3, 0.4) is 0 Å². The molecule has 0 fully saturated rings. The molecule has 0 spiro atoms. The van der Waals surface area contributed by atoms with Crippen LogP contribution < -0.4 is 14.8 Å². The van der Waals surface area contributed by atoms with Gasteiger partial charge < -0.3 is 14.8 Å². The predicted molar refractivity (Wildman–Crippen MR) is 65.8 cm³/mol. The highest BCUT2D eigenvalue weighted by atomic mass is 32.1. The second-order valence-electron chi connectivity index (χ2n) is 3.71. The van der Waals surface area contributed by atoms with E-state index >= 15 is 0 Å². The van der Waals surface area contributed by atoms with E-state index in [2.05, 4.69) is 10.3 Å². The van der Waals surface area contributed by atoms with E-state index in [0.29, 0.717) is 18.0 Å². The molecule has 92 valence electrons. The summed E-state index contributed by atoms with van der Waals surface area (Å²) in [5.41, 5.74) is 2.96. The average molecular weight is 262 g/mol. The first-order valence-electron chi connectivity index (χ1n) is 5.38. The number of aromatic nitrogens is 1. The van der Waals surface area contributed by atoms with Gasteiger partial charge in [0.15, 0.2) is 11.5 Å². The quantitative estimate of drug-likeness (QED) is 0.916. The third kappa shape index (κ3) is 2.02. The minimum absolute atomic E-state index is 0.187. The van der Waals surface area contributed by atoms with Gasteiger partial charge in [-0.2, -0.15) is 0 Å². The lowest BCUT2D eigenvalue weighted by Gasteiger charge is -2.06. The van der Waals surface area contributed by atoms with Gasteiger partial charge in [-0.05, 0) is 6.07 Å². The van der Waals surface area contributed by atoms with Crippen molar-refractivity contribution in [1.29, 1.82) is 0 Å². The predicted octanol–water partition coefficient (Wildman–Crippen LogP) is 1.80. The second-order valence-corrected chi connectivity index (χ2v) is 4.43. The van der Waals surface area contributed by atoms with Gasteiger partial charge >= 0.3 is 0 Å². The summed E-state index contributed by atoms with van der Waals surface area (Å²) in [7, 11) is 0. The van der Waals surface area contributed by atoms with Crippen LogP contribution in [0.25, 0.3) is 0 Å². The van der Waals surface area contributed by atoms with Crippen molar-refractivity contribution in [2.24, 2.45) is 0 Å². The highest BCUT2D eigenvalue weighted by Crippen LogP contribution is 2.35. The van der Waals surface area contributed by atoms with E-state index in [1.165, 1.54) is 11.3 Å². The number of nitrogens with zero attached hydrogens (tertiary/aromatic N) is 1. The summed E-state index contributed by atoms with van der Waals surface area (Å²) in [4.78, 5) is 15.7. The molecule has 1 amide bonds. The SMILES string of the molecule is O=C(NCc1cccc2c1OCO2)c1cscn1. The average Bonchev–Trinajstić information content (AvgIpc) is 3.05. The van der Waals surface area contributed by atoms with Crippen molar-refractivity contribution in [3.8, 4) is 11.5 Å². The largest absolute Gasteiger partial charge is 0.454 e. The number of rotatable bonds is 3. The first-order valence-corrected chi connectivity index (χ1v) is 6.33. The molecular weight excluding hydrogens is 252 g/mol. The molecule has 0 atom stereocenters. The van der Waals surface area contributed by atoms with Crippen molar-refractivity contribution >= 4 is 17.2 Å². The normalized spacial score (nSPS) is 12.4. The maximum absolute atomic E-state index is 11.7. The van der Waals surface area contributed by atoms with Crippen LogP contribution in [-0.4, -0.2) is 17.7 Å². The van der Waals surface area contributed by atoms with E-state index in [1.807, 2.05) is 18.2 Å². The molecule has 1 aromatic carbocycles. The Labute approximate surface area is 107 Å². The van der Waals surface area contributed by atoms with Gasteiger partial charge in [-0.3, -0.25) is 4.79 Å². The van der Waals surface area contributed by atoms with E-state index in [1.54, 1.807) is 10.9 Å². The van der Waals surface area contributed by atoms with Gasteiger partial charge in [-0.1, -0.05) is 12.1 Å². The number of amides is 1. The lowest BCUT2D eigenvalue weighted by atomic mass is 10.2. The molecule has 0 unspecified atom stereocenters. The zero-order valence-electron chi connectivity index (χ0n) is 9.38. The topological polar surface area (TPSA) is 60.5 Å². The van der Waals surface area contributed by atoms with E-state index in [-0.39, 0.29) is 12.7 Å². The van der Waals surface area contributed by atoms with Gasteiger partial charge in [-0.15, -0.1) is 11.3 Å². The van der Waals surface area contributed by atoms with Crippen LogP contribution in [0.2, 0.25) is 0 Å². The first-order chi connectivity index (χ1) is 8.84. The maximum atomic E-state index is 11.7. The molecule has 0 bridgehead atoms. The number of fused-ring (bicyclic) bond motifs is 1. The summed E-state index contributed by atoms with van der Waals surface area (Å²) < 4.78 is 10.6. The smallest absolute Gasteiger partial charge is 0.271 e. The van der Waals surface area contributed by atoms with Crippen molar-refractivity contribution in [1.82, 2.24) is 10.3 Å². The van der Waals surface area contributed by atoms with Crippen LogP contribution in [0.15, 0.2) is 29.1 Å². The molecule has 5 nitrogen and oxygen atoms in total. The van der Waals surface area contributed by atoms with Crippen molar-refractivity contribution in [3.63, 3.8) is 0 Å². The number of carbonyl (C=O) groups is 1. The van der Waals surface area contributed by atoms with E-state index in [0.717, 1.165) is 11.3 Å². The standard InChI is InChI=1S/C12H10N2O3S/c15-12(9-5-18-6-14-9)13-4-8-2-1-3-10-11(8)17-7-16-10/h1-3,5-6H,4,7H2,(H,13,15). The Morgan fingerprint density at radius 3 is 3.22 bits per heavy atom. The second kappa shape index (κ2) is 4.66. The minimum atomic E-state index is -0.187. The van der Waals surface area contributed by atoms with Crippen molar-refractivity contribution < 1.29 is 14.3 Å². The molecule has 2 heterocycles. The van der Waals surface area contributed by atoms with Gasteiger partial charge in [-0.25, -0.2) is 4.98 Å². The molecule has 0 radical (unpaired) electrons. The molecule has 0 saturated carbocycles. The monoisotopic (exact) mass is 262 g/mol. The number of nitrogens with one attached hydrogen (secondary N) is 1. The third-order valence-corrected chi connectivity index (χ3v) is 3.17. The molecular formula is C12H10N2O3S. The summed E-state index contributed by atoms with van der Waals surface area (Å²) in [5.74, 6) is 1.24. The van der Waals surface area contributed by atoms with Gasteiger partial charge in [0.05, 0.1) is 5.51 Å². The lowest BCUT2D eigenvalue weighted by molar-refractivity contribution is 0.0946. The lowest BCUT2D eigenvalue weighted by Crippen LogP contribution is -2.23. The van der Waals surface area contributed by atoms with Crippen LogP contribution in [0, 0.1) is 0 Å². The van der Waals surface area contributed by atoms with Crippen LogP contribution >= 0.6 is 11.3 Å². The Morgan fingerprint density at radius 2 is 2.39 bits per heavy atom.